The van der Waals surface area contributed by atoms with Crippen molar-refractivity contribution in [3.8, 4) is 5.75 Å². The summed E-state index contributed by atoms with van der Waals surface area (Å²) < 4.78 is 5.60. The predicted octanol–water partition coefficient (Wildman–Crippen LogP) is 2.16. The highest BCUT2D eigenvalue weighted by molar-refractivity contribution is 6.30. The molecular weight excluding hydrogens is 264 g/mol. The van der Waals surface area contributed by atoms with Crippen LogP contribution in [0, 0.1) is 5.92 Å². The first-order chi connectivity index (χ1) is 8.97. The van der Waals surface area contributed by atoms with Crippen LogP contribution in [0.15, 0.2) is 24.3 Å². The summed E-state index contributed by atoms with van der Waals surface area (Å²) in [5, 5.41) is 0.683. The maximum Gasteiger partial charge on any atom is 0.231 e. The summed E-state index contributed by atoms with van der Waals surface area (Å²) in [6.45, 7) is 6.49. The van der Waals surface area contributed by atoms with E-state index in [1.165, 1.54) is 0 Å². The van der Waals surface area contributed by atoms with Gasteiger partial charge in [0.2, 0.25) is 5.91 Å². The van der Waals surface area contributed by atoms with E-state index in [1.807, 2.05) is 17.0 Å². The molecule has 5 heteroatoms. The van der Waals surface area contributed by atoms with E-state index in [9.17, 15) is 4.79 Å². The Labute approximate surface area is 119 Å². The molecule has 0 aliphatic carbocycles. The lowest BCUT2D eigenvalue weighted by atomic mass is 10.2. The average Bonchev–Trinajstić information content (AvgIpc) is 2.30. The summed E-state index contributed by atoms with van der Waals surface area (Å²) >= 11 is 5.80. The van der Waals surface area contributed by atoms with Gasteiger partial charge in [-0.25, -0.2) is 0 Å². The Bertz CT molecular complexity index is 393. The van der Waals surface area contributed by atoms with Gasteiger partial charge in [-0.15, -0.1) is 0 Å². The first-order valence-corrected chi connectivity index (χ1v) is 6.74. The van der Waals surface area contributed by atoms with Gasteiger partial charge >= 0.3 is 0 Å². The van der Waals surface area contributed by atoms with Gasteiger partial charge in [-0.1, -0.05) is 25.4 Å². The highest BCUT2D eigenvalue weighted by atomic mass is 35.5. The van der Waals surface area contributed by atoms with E-state index in [2.05, 4.69) is 13.8 Å². The molecule has 0 saturated heterocycles. The number of rotatable bonds is 8. The quantitative estimate of drug-likeness (QED) is 0.796. The second kappa shape index (κ2) is 8.02. The minimum Gasteiger partial charge on any atom is -0.492 e. The molecule has 0 radical (unpaired) electrons. The number of amides is 1. The molecule has 0 unspecified atom stereocenters. The second-order valence-electron chi connectivity index (χ2n) is 4.90. The Morgan fingerprint density at radius 3 is 2.53 bits per heavy atom. The first kappa shape index (κ1) is 15.8. The second-order valence-corrected chi connectivity index (χ2v) is 5.33. The zero-order valence-electron chi connectivity index (χ0n) is 11.4. The van der Waals surface area contributed by atoms with Gasteiger partial charge in [0.05, 0.1) is 6.54 Å². The highest BCUT2D eigenvalue weighted by Gasteiger charge is 2.10. The number of hydrogen-bond acceptors (Lipinski definition) is 3. The van der Waals surface area contributed by atoms with Gasteiger partial charge < -0.3 is 10.5 Å². The summed E-state index contributed by atoms with van der Waals surface area (Å²) in [5.41, 5.74) is 5.23. The van der Waals surface area contributed by atoms with Gasteiger partial charge in [-0.3, -0.25) is 9.69 Å². The van der Waals surface area contributed by atoms with Crippen LogP contribution in [0.1, 0.15) is 13.8 Å². The van der Waals surface area contributed by atoms with Crippen LogP contribution < -0.4 is 10.5 Å². The summed E-state index contributed by atoms with van der Waals surface area (Å²) in [5.74, 6) is 0.940. The minimum absolute atomic E-state index is 0.266. The van der Waals surface area contributed by atoms with Crippen LogP contribution in [-0.4, -0.2) is 37.0 Å². The Morgan fingerprint density at radius 2 is 2.00 bits per heavy atom. The summed E-state index contributed by atoms with van der Waals surface area (Å²) in [6.07, 6.45) is 0. The molecule has 19 heavy (non-hydrogen) atoms. The molecule has 2 N–H and O–H groups in total. The van der Waals surface area contributed by atoms with Crippen molar-refractivity contribution in [1.82, 2.24) is 4.90 Å². The Hall–Kier alpha value is -1.26. The zero-order valence-corrected chi connectivity index (χ0v) is 12.2. The molecule has 1 rings (SSSR count). The van der Waals surface area contributed by atoms with E-state index in [4.69, 9.17) is 22.1 Å². The van der Waals surface area contributed by atoms with Crippen molar-refractivity contribution >= 4 is 17.5 Å². The number of ether oxygens (including phenoxy) is 1. The molecule has 0 spiro atoms. The number of hydrogen-bond donors (Lipinski definition) is 1. The molecule has 0 aliphatic heterocycles. The molecule has 0 heterocycles. The van der Waals surface area contributed by atoms with Crippen LogP contribution >= 0.6 is 11.6 Å². The van der Waals surface area contributed by atoms with Crippen LogP contribution in [0.3, 0.4) is 0 Å². The van der Waals surface area contributed by atoms with Crippen molar-refractivity contribution in [2.75, 3.05) is 26.2 Å². The van der Waals surface area contributed by atoms with Crippen LogP contribution in [0.2, 0.25) is 5.02 Å². The van der Waals surface area contributed by atoms with E-state index < -0.39 is 0 Å². The number of carbonyl (C=O) groups excluding carboxylic acids is 1. The van der Waals surface area contributed by atoms with E-state index in [-0.39, 0.29) is 12.5 Å². The fourth-order valence-electron chi connectivity index (χ4n) is 1.80. The third-order valence-corrected chi connectivity index (χ3v) is 2.74. The van der Waals surface area contributed by atoms with Gasteiger partial charge in [-0.05, 0) is 30.2 Å². The number of nitrogens with two attached hydrogens (primary N) is 1. The maximum atomic E-state index is 11.0. The molecule has 1 aromatic rings. The van der Waals surface area contributed by atoms with Crippen molar-refractivity contribution in [2.24, 2.45) is 11.7 Å². The molecular formula is C14H21ClN2O2. The monoisotopic (exact) mass is 284 g/mol. The Morgan fingerprint density at radius 1 is 1.37 bits per heavy atom. The normalized spacial score (nSPS) is 11.0. The largest absolute Gasteiger partial charge is 0.492 e. The standard InChI is InChI=1S/C14H21ClN2O2/c1-11(2)9-17(10-14(16)18)7-8-19-13-5-3-12(15)4-6-13/h3-6,11H,7-10H2,1-2H3,(H2,16,18). The number of primary amides is 1. The van der Waals surface area contributed by atoms with E-state index >= 15 is 0 Å². The van der Waals surface area contributed by atoms with Gasteiger partial charge in [0.25, 0.3) is 0 Å². The molecule has 0 atom stereocenters. The third-order valence-electron chi connectivity index (χ3n) is 2.49. The lowest BCUT2D eigenvalue weighted by Gasteiger charge is -2.22. The van der Waals surface area contributed by atoms with Crippen LogP contribution in [0.25, 0.3) is 0 Å². The molecule has 0 bridgehead atoms. The molecule has 0 fully saturated rings. The Balaban J connectivity index is 2.38. The Kier molecular flexibility index (Phi) is 6.67. The van der Waals surface area contributed by atoms with Crippen molar-refractivity contribution in [1.29, 1.82) is 0 Å². The van der Waals surface area contributed by atoms with Crippen LogP contribution in [-0.2, 0) is 4.79 Å². The predicted molar refractivity (Wildman–Crippen MR) is 77.4 cm³/mol. The maximum absolute atomic E-state index is 11.0. The lowest BCUT2D eigenvalue weighted by molar-refractivity contribution is -0.119. The molecule has 0 aliphatic rings. The third kappa shape index (κ3) is 7.03. The van der Waals surface area contributed by atoms with Crippen molar-refractivity contribution < 1.29 is 9.53 Å². The van der Waals surface area contributed by atoms with Crippen molar-refractivity contribution in [3.05, 3.63) is 29.3 Å². The lowest BCUT2D eigenvalue weighted by Crippen LogP contribution is -2.38. The minimum atomic E-state index is -0.313. The highest BCUT2D eigenvalue weighted by Crippen LogP contribution is 2.15. The molecule has 106 valence electrons. The van der Waals surface area contributed by atoms with Crippen molar-refractivity contribution in [3.63, 3.8) is 0 Å². The fraction of sp³-hybridized carbons (Fsp3) is 0.500. The van der Waals surface area contributed by atoms with E-state index in [1.54, 1.807) is 12.1 Å². The van der Waals surface area contributed by atoms with Gasteiger partial charge in [-0.2, -0.15) is 0 Å². The SMILES string of the molecule is CC(C)CN(CCOc1ccc(Cl)cc1)CC(N)=O. The van der Waals surface area contributed by atoms with Crippen molar-refractivity contribution in [2.45, 2.75) is 13.8 Å². The van der Waals surface area contributed by atoms with E-state index in [0.29, 0.717) is 24.1 Å². The van der Waals surface area contributed by atoms with Gasteiger partial charge in [0.15, 0.2) is 0 Å². The van der Waals surface area contributed by atoms with Crippen LogP contribution in [0.4, 0.5) is 0 Å². The van der Waals surface area contributed by atoms with Gasteiger partial charge in [0, 0.05) is 18.1 Å². The fourth-order valence-corrected chi connectivity index (χ4v) is 1.92. The molecule has 1 aromatic carbocycles. The number of nitrogens with zero attached hydrogens (tertiary/aromatic N) is 1. The smallest absolute Gasteiger partial charge is 0.231 e. The summed E-state index contributed by atoms with van der Waals surface area (Å²) in [6, 6.07) is 7.21. The topological polar surface area (TPSA) is 55.6 Å². The summed E-state index contributed by atoms with van der Waals surface area (Å²) in [7, 11) is 0. The number of halogens is 1. The molecule has 0 saturated carbocycles. The summed E-state index contributed by atoms with van der Waals surface area (Å²) in [4.78, 5) is 13.0. The number of carbonyl (C=O) groups is 1. The molecule has 0 aromatic heterocycles. The van der Waals surface area contributed by atoms with E-state index in [0.717, 1.165) is 12.3 Å². The van der Waals surface area contributed by atoms with Gasteiger partial charge in [0.1, 0.15) is 12.4 Å². The zero-order chi connectivity index (χ0) is 14.3. The van der Waals surface area contributed by atoms with Crippen LogP contribution in [0.5, 0.6) is 5.75 Å². The molecule has 1 amide bonds. The number of benzene rings is 1. The molecule has 4 nitrogen and oxygen atoms in total. The average molecular weight is 285 g/mol. The first-order valence-electron chi connectivity index (χ1n) is 6.36.